The highest BCUT2D eigenvalue weighted by Gasteiger charge is 2.18. The minimum atomic E-state index is -0.694. The Morgan fingerprint density at radius 2 is 1.83 bits per heavy atom. The first-order valence-corrected chi connectivity index (χ1v) is 9.05. The number of benzene rings is 3. The van der Waals surface area contributed by atoms with E-state index in [2.05, 4.69) is 5.16 Å². The summed E-state index contributed by atoms with van der Waals surface area (Å²) in [7, 11) is 1.37. The van der Waals surface area contributed by atoms with Crippen molar-refractivity contribution in [2.45, 2.75) is 0 Å². The second-order valence-corrected chi connectivity index (χ2v) is 6.45. The van der Waals surface area contributed by atoms with Crippen LogP contribution in [0.25, 0.3) is 22.2 Å². The quantitative estimate of drug-likeness (QED) is 0.342. The second-order valence-electron chi connectivity index (χ2n) is 6.45. The van der Waals surface area contributed by atoms with Crippen LogP contribution in [0.1, 0.15) is 20.7 Å². The number of hydrogen-bond donors (Lipinski definition) is 0. The van der Waals surface area contributed by atoms with E-state index in [-0.39, 0.29) is 16.9 Å². The maximum atomic E-state index is 13.5. The molecule has 0 aliphatic rings. The lowest BCUT2D eigenvalue weighted by Gasteiger charge is -2.08. The summed E-state index contributed by atoms with van der Waals surface area (Å²) in [6.45, 7) is -0.550. The van der Waals surface area contributed by atoms with Crippen LogP contribution in [0.5, 0.6) is 5.75 Å². The summed E-state index contributed by atoms with van der Waals surface area (Å²) in [5.41, 5.74) is 1.65. The molecule has 6 nitrogen and oxygen atoms in total. The molecular formula is C23H16FNO5. The van der Waals surface area contributed by atoms with Crippen LogP contribution in [-0.4, -0.2) is 30.6 Å². The molecule has 30 heavy (non-hydrogen) atoms. The molecule has 1 heterocycles. The van der Waals surface area contributed by atoms with Gasteiger partial charge in [-0.25, -0.2) is 9.18 Å². The highest BCUT2D eigenvalue weighted by atomic mass is 19.1. The molecule has 1 aromatic heterocycles. The Hall–Kier alpha value is -4.00. The Kier molecular flexibility index (Phi) is 5.26. The SMILES string of the molecule is COc1ccc(F)cc1C(=O)COC(=O)c1ccc2noc(-c3ccccc3)c2c1. The first-order valence-electron chi connectivity index (χ1n) is 9.05. The lowest BCUT2D eigenvalue weighted by Crippen LogP contribution is -2.15. The van der Waals surface area contributed by atoms with Gasteiger partial charge in [-0.2, -0.15) is 0 Å². The summed E-state index contributed by atoms with van der Waals surface area (Å²) in [6.07, 6.45) is 0. The van der Waals surface area contributed by atoms with Crippen LogP contribution in [0.3, 0.4) is 0 Å². The molecule has 0 amide bonds. The van der Waals surface area contributed by atoms with E-state index >= 15 is 0 Å². The number of nitrogens with zero attached hydrogens (tertiary/aromatic N) is 1. The number of halogens is 1. The van der Waals surface area contributed by atoms with Crippen molar-refractivity contribution in [1.82, 2.24) is 5.16 Å². The van der Waals surface area contributed by atoms with E-state index in [1.54, 1.807) is 12.1 Å². The van der Waals surface area contributed by atoms with Crippen LogP contribution in [0.4, 0.5) is 4.39 Å². The molecule has 3 aromatic carbocycles. The van der Waals surface area contributed by atoms with E-state index in [9.17, 15) is 14.0 Å². The van der Waals surface area contributed by atoms with Crippen LogP contribution in [-0.2, 0) is 4.74 Å². The van der Waals surface area contributed by atoms with Gasteiger partial charge in [-0.3, -0.25) is 4.79 Å². The van der Waals surface area contributed by atoms with E-state index in [0.717, 1.165) is 11.6 Å². The molecule has 0 radical (unpaired) electrons. The van der Waals surface area contributed by atoms with E-state index in [1.807, 2.05) is 30.3 Å². The van der Waals surface area contributed by atoms with E-state index in [0.29, 0.717) is 16.7 Å². The topological polar surface area (TPSA) is 78.6 Å². The van der Waals surface area contributed by atoms with Crippen LogP contribution >= 0.6 is 0 Å². The standard InChI is InChI=1S/C23H16FNO5/c1-28-21-10-8-16(24)12-18(21)20(26)13-29-23(27)15-7-9-19-17(11-15)22(30-25-19)14-5-3-2-4-6-14/h2-12H,13H2,1H3. The molecule has 4 rings (SSSR count). The maximum Gasteiger partial charge on any atom is 0.338 e. The van der Waals surface area contributed by atoms with E-state index < -0.39 is 24.2 Å². The van der Waals surface area contributed by atoms with Gasteiger partial charge in [0.25, 0.3) is 0 Å². The average Bonchev–Trinajstić information content (AvgIpc) is 3.21. The number of carbonyl (C=O) groups is 2. The molecule has 0 atom stereocenters. The molecule has 0 spiro atoms. The molecule has 0 aliphatic carbocycles. The number of esters is 1. The Morgan fingerprint density at radius 1 is 1.03 bits per heavy atom. The van der Waals surface area contributed by atoms with Crippen molar-refractivity contribution in [1.29, 1.82) is 0 Å². The third-order valence-corrected chi connectivity index (χ3v) is 4.54. The number of ketones is 1. The van der Waals surface area contributed by atoms with Crippen LogP contribution in [0, 0.1) is 5.82 Å². The molecule has 4 aromatic rings. The van der Waals surface area contributed by atoms with Crippen molar-refractivity contribution in [3.8, 4) is 17.1 Å². The van der Waals surface area contributed by atoms with Crippen molar-refractivity contribution in [3.05, 3.63) is 83.7 Å². The third-order valence-electron chi connectivity index (χ3n) is 4.54. The molecule has 0 aliphatic heterocycles. The lowest BCUT2D eigenvalue weighted by atomic mass is 10.1. The second kappa shape index (κ2) is 8.16. The van der Waals surface area contributed by atoms with Gasteiger partial charge in [-0.05, 0) is 36.4 Å². The zero-order valence-corrected chi connectivity index (χ0v) is 15.9. The number of carbonyl (C=O) groups excluding carboxylic acids is 2. The Balaban J connectivity index is 1.54. The summed E-state index contributed by atoms with van der Waals surface area (Å²) in [5, 5.41) is 4.65. The number of rotatable bonds is 6. The number of aromatic nitrogens is 1. The minimum absolute atomic E-state index is 0.00569. The zero-order valence-electron chi connectivity index (χ0n) is 15.9. The van der Waals surface area contributed by atoms with Crippen LogP contribution in [0.2, 0.25) is 0 Å². The van der Waals surface area contributed by atoms with E-state index in [1.165, 1.54) is 25.3 Å². The molecule has 7 heteroatoms. The molecule has 0 fully saturated rings. The van der Waals surface area contributed by atoms with Crippen LogP contribution in [0.15, 0.2) is 71.3 Å². The molecule has 0 N–H and O–H groups in total. The summed E-state index contributed by atoms with van der Waals surface area (Å²) in [6, 6.07) is 17.7. The number of fused-ring (bicyclic) bond motifs is 1. The largest absolute Gasteiger partial charge is 0.496 e. The Bertz CT molecular complexity index is 1230. The van der Waals surface area contributed by atoms with Gasteiger partial charge in [-0.15, -0.1) is 0 Å². The molecule has 0 unspecified atom stereocenters. The maximum absolute atomic E-state index is 13.5. The van der Waals surface area contributed by atoms with Gasteiger partial charge in [0.1, 0.15) is 17.1 Å². The number of ether oxygens (including phenoxy) is 2. The number of methoxy groups -OCH3 is 1. The smallest absolute Gasteiger partial charge is 0.338 e. The first kappa shape index (κ1) is 19.3. The monoisotopic (exact) mass is 405 g/mol. The Morgan fingerprint density at radius 3 is 2.60 bits per heavy atom. The van der Waals surface area contributed by atoms with Gasteiger partial charge >= 0.3 is 5.97 Å². The molecule has 0 bridgehead atoms. The fourth-order valence-electron chi connectivity index (χ4n) is 3.06. The fourth-order valence-corrected chi connectivity index (χ4v) is 3.06. The number of Topliss-reactive ketones (excluding diaryl/α,β-unsaturated/α-hetero) is 1. The van der Waals surface area contributed by atoms with Gasteiger partial charge < -0.3 is 14.0 Å². The minimum Gasteiger partial charge on any atom is -0.496 e. The Labute approximate surface area is 170 Å². The van der Waals surface area contributed by atoms with Gasteiger partial charge in [-0.1, -0.05) is 35.5 Å². The molecule has 0 saturated carbocycles. The molecule has 0 saturated heterocycles. The van der Waals surface area contributed by atoms with Crippen molar-refractivity contribution in [3.63, 3.8) is 0 Å². The van der Waals surface area contributed by atoms with Gasteiger partial charge in [0.15, 0.2) is 12.4 Å². The van der Waals surface area contributed by atoms with Gasteiger partial charge in [0.05, 0.1) is 23.6 Å². The predicted molar refractivity (Wildman–Crippen MR) is 107 cm³/mol. The highest BCUT2D eigenvalue weighted by Crippen LogP contribution is 2.29. The first-order chi connectivity index (χ1) is 14.6. The summed E-state index contributed by atoms with van der Waals surface area (Å²) < 4.78 is 29.1. The highest BCUT2D eigenvalue weighted by molar-refractivity contribution is 6.02. The van der Waals surface area contributed by atoms with Crippen molar-refractivity contribution >= 4 is 22.7 Å². The normalized spacial score (nSPS) is 10.7. The molecule has 150 valence electrons. The van der Waals surface area contributed by atoms with Crippen molar-refractivity contribution < 1.29 is 28.0 Å². The van der Waals surface area contributed by atoms with Crippen molar-refractivity contribution in [2.75, 3.05) is 13.7 Å². The van der Waals surface area contributed by atoms with Gasteiger partial charge in [0, 0.05) is 5.56 Å². The average molecular weight is 405 g/mol. The van der Waals surface area contributed by atoms with Gasteiger partial charge in [0.2, 0.25) is 5.78 Å². The summed E-state index contributed by atoms with van der Waals surface area (Å²) in [5.74, 6) is -1.12. The summed E-state index contributed by atoms with van der Waals surface area (Å²) in [4.78, 5) is 24.9. The van der Waals surface area contributed by atoms with E-state index in [4.69, 9.17) is 14.0 Å². The lowest BCUT2D eigenvalue weighted by molar-refractivity contribution is 0.0474. The zero-order chi connectivity index (χ0) is 21.1. The molecular weight excluding hydrogens is 389 g/mol. The van der Waals surface area contributed by atoms with Crippen molar-refractivity contribution in [2.24, 2.45) is 0 Å². The summed E-state index contributed by atoms with van der Waals surface area (Å²) >= 11 is 0. The fraction of sp³-hybridized carbons (Fsp3) is 0.0870. The third kappa shape index (κ3) is 3.77. The predicted octanol–water partition coefficient (Wildman–Crippen LogP) is 4.68. The van der Waals surface area contributed by atoms with Crippen LogP contribution < -0.4 is 4.74 Å². The number of hydrogen-bond acceptors (Lipinski definition) is 6.